The van der Waals surface area contributed by atoms with Crippen molar-refractivity contribution in [3.8, 4) is 0 Å². The molecule has 0 aromatic heterocycles. The Kier molecular flexibility index (Phi) is 6.43. The lowest BCUT2D eigenvalue weighted by Crippen LogP contribution is -2.42. The Morgan fingerprint density at radius 1 is 1.20 bits per heavy atom. The van der Waals surface area contributed by atoms with E-state index >= 15 is 0 Å². The molecule has 1 N–H and O–H groups in total. The molecule has 1 aliphatic carbocycles. The van der Waals surface area contributed by atoms with Gasteiger partial charge in [0.1, 0.15) is 11.4 Å². The van der Waals surface area contributed by atoms with Gasteiger partial charge in [0.2, 0.25) is 0 Å². The molecule has 1 saturated carbocycles. The predicted molar refractivity (Wildman–Crippen MR) is 85.8 cm³/mol. The minimum absolute atomic E-state index is 0.0788. The SMILES string of the molecule is C=C/C=C(\C=C)C1=NC2(CCCCCC2)NC1=O.CC. The van der Waals surface area contributed by atoms with E-state index in [1.165, 1.54) is 12.8 Å². The van der Waals surface area contributed by atoms with Crippen LogP contribution >= 0.6 is 0 Å². The molecule has 0 bridgehead atoms. The van der Waals surface area contributed by atoms with Crippen molar-refractivity contribution in [1.82, 2.24) is 5.32 Å². The molecule has 1 spiro atoms. The van der Waals surface area contributed by atoms with Crippen LogP contribution in [0, 0.1) is 0 Å². The van der Waals surface area contributed by atoms with E-state index in [-0.39, 0.29) is 11.6 Å². The fraction of sp³-hybridized carbons (Fsp3) is 0.529. The van der Waals surface area contributed by atoms with Crippen molar-refractivity contribution >= 4 is 11.6 Å². The highest BCUT2D eigenvalue weighted by Crippen LogP contribution is 2.32. The standard InChI is InChI=1S/C15H20N2O.C2H6/c1-3-9-12(4-2)13-14(18)17-15(16-13)10-7-5-6-8-11-15;1-2/h3-4,9H,1-2,5-8,10-11H2,(H,17,18);1-2H3/b12-9+;. The number of nitrogens with zero attached hydrogens (tertiary/aromatic N) is 1. The molecular weight excluding hydrogens is 248 g/mol. The summed E-state index contributed by atoms with van der Waals surface area (Å²) in [6.45, 7) is 11.4. The summed E-state index contributed by atoms with van der Waals surface area (Å²) in [7, 11) is 0. The molecule has 1 amide bonds. The van der Waals surface area contributed by atoms with E-state index in [0.29, 0.717) is 5.71 Å². The van der Waals surface area contributed by atoms with Crippen LogP contribution in [0.5, 0.6) is 0 Å². The van der Waals surface area contributed by atoms with E-state index < -0.39 is 0 Å². The highest BCUT2D eigenvalue weighted by Gasteiger charge is 2.39. The number of amides is 1. The number of nitrogens with one attached hydrogen (secondary N) is 1. The molecule has 2 rings (SSSR count). The van der Waals surface area contributed by atoms with Gasteiger partial charge in [-0.25, -0.2) is 0 Å². The highest BCUT2D eigenvalue weighted by atomic mass is 16.2. The number of carbonyl (C=O) groups excluding carboxylic acids is 1. The van der Waals surface area contributed by atoms with Gasteiger partial charge in [-0.1, -0.05) is 58.1 Å². The smallest absolute Gasteiger partial charge is 0.272 e. The van der Waals surface area contributed by atoms with Gasteiger partial charge in [-0.2, -0.15) is 0 Å². The van der Waals surface area contributed by atoms with Crippen LogP contribution < -0.4 is 5.32 Å². The predicted octanol–water partition coefficient (Wildman–Crippen LogP) is 3.93. The number of rotatable bonds is 3. The molecule has 0 aromatic rings. The summed E-state index contributed by atoms with van der Waals surface area (Å²) in [6.07, 6.45) is 11.7. The maximum atomic E-state index is 12.1. The zero-order chi connectivity index (χ0) is 15.0. The van der Waals surface area contributed by atoms with Crippen LogP contribution in [0.1, 0.15) is 52.4 Å². The van der Waals surface area contributed by atoms with Crippen LogP contribution in [0.2, 0.25) is 0 Å². The maximum absolute atomic E-state index is 12.1. The zero-order valence-electron chi connectivity index (χ0n) is 12.7. The molecule has 3 nitrogen and oxygen atoms in total. The Labute approximate surface area is 122 Å². The summed E-state index contributed by atoms with van der Waals surface area (Å²) in [4.78, 5) is 16.7. The minimum atomic E-state index is -0.355. The highest BCUT2D eigenvalue weighted by molar-refractivity contribution is 6.47. The molecule has 0 aromatic carbocycles. The van der Waals surface area contributed by atoms with Crippen molar-refractivity contribution in [2.24, 2.45) is 4.99 Å². The molecule has 0 radical (unpaired) electrons. The summed E-state index contributed by atoms with van der Waals surface area (Å²) >= 11 is 0. The first-order chi connectivity index (χ1) is 9.71. The quantitative estimate of drug-likeness (QED) is 0.778. The number of carbonyl (C=O) groups is 1. The second-order valence-electron chi connectivity index (χ2n) is 4.92. The second kappa shape index (κ2) is 7.83. The lowest BCUT2D eigenvalue weighted by Gasteiger charge is -2.24. The van der Waals surface area contributed by atoms with Crippen molar-refractivity contribution < 1.29 is 4.79 Å². The number of aliphatic imine (C=N–C) groups is 1. The van der Waals surface area contributed by atoms with Gasteiger partial charge in [0.05, 0.1) is 0 Å². The summed E-state index contributed by atoms with van der Waals surface area (Å²) < 4.78 is 0. The molecule has 1 fully saturated rings. The molecular formula is C17H26N2O. The van der Waals surface area contributed by atoms with Crippen molar-refractivity contribution in [2.75, 3.05) is 0 Å². The van der Waals surface area contributed by atoms with Crippen LogP contribution in [0.3, 0.4) is 0 Å². The van der Waals surface area contributed by atoms with Crippen molar-refractivity contribution in [3.05, 3.63) is 37.0 Å². The number of allylic oxidation sites excluding steroid dienone is 3. The third-order valence-corrected chi connectivity index (χ3v) is 3.61. The molecule has 1 heterocycles. The molecule has 1 aliphatic heterocycles. The summed E-state index contributed by atoms with van der Waals surface area (Å²) in [5.41, 5.74) is 0.905. The van der Waals surface area contributed by atoms with Crippen molar-refractivity contribution in [3.63, 3.8) is 0 Å². The van der Waals surface area contributed by atoms with Gasteiger partial charge in [0.25, 0.3) is 5.91 Å². The normalized spacial score (nSPS) is 21.2. The Morgan fingerprint density at radius 3 is 2.30 bits per heavy atom. The average Bonchev–Trinajstić information content (AvgIpc) is 2.64. The third-order valence-electron chi connectivity index (χ3n) is 3.61. The third kappa shape index (κ3) is 3.69. The number of hydrogen-bond acceptors (Lipinski definition) is 2. The van der Waals surface area contributed by atoms with Gasteiger partial charge in [-0.05, 0) is 25.7 Å². The van der Waals surface area contributed by atoms with E-state index in [1.807, 2.05) is 13.8 Å². The van der Waals surface area contributed by atoms with Gasteiger partial charge in [-0.15, -0.1) is 0 Å². The summed E-state index contributed by atoms with van der Waals surface area (Å²) in [5, 5.41) is 3.07. The van der Waals surface area contributed by atoms with Gasteiger partial charge in [-0.3, -0.25) is 9.79 Å². The van der Waals surface area contributed by atoms with E-state index in [1.54, 1.807) is 18.2 Å². The molecule has 2 aliphatic rings. The molecule has 0 atom stereocenters. The van der Waals surface area contributed by atoms with Gasteiger partial charge in [0.15, 0.2) is 0 Å². The molecule has 3 heteroatoms. The van der Waals surface area contributed by atoms with Crippen molar-refractivity contribution in [2.45, 2.75) is 58.0 Å². The maximum Gasteiger partial charge on any atom is 0.272 e. The first-order valence-electron chi connectivity index (χ1n) is 7.59. The Morgan fingerprint density at radius 2 is 1.80 bits per heavy atom. The fourth-order valence-corrected chi connectivity index (χ4v) is 2.68. The van der Waals surface area contributed by atoms with Gasteiger partial charge in [0, 0.05) is 5.57 Å². The van der Waals surface area contributed by atoms with Crippen LogP contribution in [0.4, 0.5) is 0 Å². The lowest BCUT2D eigenvalue weighted by atomic mass is 10.0. The molecule has 110 valence electrons. The second-order valence-corrected chi connectivity index (χ2v) is 4.92. The first kappa shape index (κ1) is 16.4. The van der Waals surface area contributed by atoms with Crippen LogP contribution in [0.25, 0.3) is 0 Å². The molecule has 0 unspecified atom stereocenters. The molecule has 0 saturated heterocycles. The van der Waals surface area contributed by atoms with Gasteiger partial charge >= 0.3 is 0 Å². The van der Waals surface area contributed by atoms with Crippen molar-refractivity contribution in [1.29, 1.82) is 0 Å². The first-order valence-corrected chi connectivity index (χ1v) is 7.59. The van der Waals surface area contributed by atoms with E-state index in [9.17, 15) is 4.79 Å². The van der Waals surface area contributed by atoms with Crippen LogP contribution in [0.15, 0.2) is 42.0 Å². The largest absolute Gasteiger partial charge is 0.326 e. The van der Waals surface area contributed by atoms with E-state index in [2.05, 4.69) is 23.5 Å². The Hall–Kier alpha value is -1.64. The zero-order valence-corrected chi connectivity index (χ0v) is 12.7. The van der Waals surface area contributed by atoms with Crippen LogP contribution in [-0.2, 0) is 4.79 Å². The monoisotopic (exact) mass is 274 g/mol. The van der Waals surface area contributed by atoms with Crippen LogP contribution in [-0.4, -0.2) is 17.3 Å². The average molecular weight is 274 g/mol. The Bertz CT molecular complexity index is 424. The number of hydrogen-bond donors (Lipinski definition) is 1. The summed E-state index contributed by atoms with van der Waals surface area (Å²) in [6, 6.07) is 0. The van der Waals surface area contributed by atoms with Gasteiger partial charge < -0.3 is 5.32 Å². The topological polar surface area (TPSA) is 41.5 Å². The van der Waals surface area contributed by atoms with E-state index in [0.717, 1.165) is 31.3 Å². The molecule has 20 heavy (non-hydrogen) atoms. The lowest BCUT2D eigenvalue weighted by molar-refractivity contribution is -0.115. The van der Waals surface area contributed by atoms with E-state index in [4.69, 9.17) is 0 Å². The fourth-order valence-electron chi connectivity index (χ4n) is 2.68. The minimum Gasteiger partial charge on any atom is -0.326 e. The Balaban J connectivity index is 0.000000956. The summed E-state index contributed by atoms with van der Waals surface area (Å²) in [5.74, 6) is -0.0788.